The van der Waals surface area contributed by atoms with E-state index in [9.17, 15) is 13.2 Å². The van der Waals surface area contributed by atoms with E-state index in [0.717, 1.165) is 32.6 Å². The molecule has 2 aliphatic heterocycles. The summed E-state index contributed by atoms with van der Waals surface area (Å²) in [5.41, 5.74) is 0.251. The van der Waals surface area contributed by atoms with Crippen LogP contribution in [0, 0.1) is 10.8 Å². The molecule has 6 heteroatoms. The van der Waals surface area contributed by atoms with E-state index in [0.29, 0.717) is 0 Å². The second-order valence-corrected chi connectivity index (χ2v) is 9.86. The summed E-state index contributed by atoms with van der Waals surface area (Å²) >= 11 is 0. The number of sulfone groups is 1. The van der Waals surface area contributed by atoms with Crippen LogP contribution in [0.3, 0.4) is 0 Å². The number of nitrogens with zero attached hydrogens (tertiary/aromatic N) is 2. The van der Waals surface area contributed by atoms with Crippen molar-refractivity contribution in [2.24, 2.45) is 10.8 Å². The third kappa shape index (κ3) is 3.73. The summed E-state index contributed by atoms with van der Waals surface area (Å²) in [4.78, 5) is 16.5. The van der Waals surface area contributed by atoms with Crippen LogP contribution in [0.1, 0.15) is 26.7 Å². The lowest BCUT2D eigenvalue weighted by molar-refractivity contribution is -0.143. The number of hydrogen-bond donors (Lipinski definition) is 0. The molecule has 2 aliphatic rings. The Morgan fingerprint density at radius 2 is 1.60 bits per heavy atom. The molecule has 5 nitrogen and oxygen atoms in total. The summed E-state index contributed by atoms with van der Waals surface area (Å²) in [5.74, 6) is -0.0625. The van der Waals surface area contributed by atoms with Crippen molar-refractivity contribution >= 4 is 15.7 Å². The first-order valence-corrected chi connectivity index (χ1v) is 9.21. The van der Waals surface area contributed by atoms with Gasteiger partial charge in [-0.05, 0) is 24.3 Å². The van der Waals surface area contributed by atoms with Gasteiger partial charge >= 0.3 is 0 Å². The number of fused-ring (bicyclic) bond motifs is 2. The zero-order chi connectivity index (χ0) is 15.2. The maximum absolute atomic E-state index is 12.3. The molecule has 0 aromatic heterocycles. The number of piperidine rings is 2. The summed E-state index contributed by atoms with van der Waals surface area (Å²) < 4.78 is 22.4. The Labute approximate surface area is 122 Å². The molecule has 2 rings (SSSR count). The average Bonchev–Trinajstić information content (AvgIpc) is 2.20. The molecule has 1 amide bonds. The van der Waals surface area contributed by atoms with Crippen molar-refractivity contribution in [2.45, 2.75) is 26.7 Å². The van der Waals surface area contributed by atoms with E-state index < -0.39 is 9.84 Å². The molecular weight excluding hydrogens is 276 g/mol. The van der Waals surface area contributed by atoms with Crippen molar-refractivity contribution in [3.05, 3.63) is 0 Å². The highest BCUT2D eigenvalue weighted by Crippen LogP contribution is 2.45. The molecule has 2 unspecified atom stereocenters. The molecule has 0 saturated carbocycles. The Balaban J connectivity index is 2.06. The third-order valence-corrected chi connectivity index (χ3v) is 5.29. The highest BCUT2D eigenvalue weighted by molar-refractivity contribution is 7.90. The Morgan fingerprint density at radius 3 is 2.05 bits per heavy atom. The Bertz CT molecular complexity index is 485. The maximum atomic E-state index is 12.3. The highest BCUT2D eigenvalue weighted by atomic mass is 32.2. The minimum atomic E-state index is -3.07. The molecule has 2 atom stereocenters. The van der Waals surface area contributed by atoms with Gasteiger partial charge in [0, 0.05) is 38.9 Å². The van der Waals surface area contributed by atoms with Gasteiger partial charge in [0.2, 0.25) is 5.91 Å². The molecule has 116 valence electrons. The summed E-state index contributed by atoms with van der Waals surface area (Å²) in [6.45, 7) is 7.95. The monoisotopic (exact) mass is 302 g/mol. The van der Waals surface area contributed by atoms with Crippen LogP contribution in [0.5, 0.6) is 0 Å². The lowest BCUT2D eigenvalue weighted by Crippen LogP contribution is -2.62. The Kier molecular flexibility index (Phi) is 3.93. The van der Waals surface area contributed by atoms with E-state index in [2.05, 4.69) is 25.8 Å². The first-order valence-electron chi connectivity index (χ1n) is 7.14. The van der Waals surface area contributed by atoms with Crippen LogP contribution < -0.4 is 0 Å². The molecule has 0 aromatic rings. The quantitative estimate of drug-likeness (QED) is 0.766. The molecule has 0 aromatic carbocycles. The molecule has 0 aliphatic carbocycles. The number of hydrogen-bond acceptors (Lipinski definition) is 4. The zero-order valence-electron chi connectivity index (χ0n) is 13.0. The maximum Gasteiger partial charge on any atom is 0.223 e. The van der Waals surface area contributed by atoms with E-state index in [4.69, 9.17) is 0 Å². The minimum absolute atomic E-state index is 0.0165. The molecular formula is C14H26N2O3S. The second-order valence-electron chi connectivity index (χ2n) is 7.60. The largest absolute Gasteiger partial charge is 0.341 e. The fraction of sp³-hybridized carbons (Fsp3) is 0.929. The first-order chi connectivity index (χ1) is 9.00. The highest BCUT2D eigenvalue weighted by Gasteiger charge is 2.48. The minimum Gasteiger partial charge on any atom is -0.341 e. The number of carbonyl (C=O) groups is 1. The van der Waals surface area contributed by atoms with Crippen molar-refractivity contribution in [3.63, 3.8) is 0 Å². The molecule has 0 radical (unpaired) electrons. The van der Waals surface area contributed by atoms with Crippen LogP contribution in [-0.2, 0) is 14.6 Å². The third-order valence-electron chi connectivity index (χ3n) is 4.34. The van der Waals surface area contributed by atoms with Crippen LogP contribution in [-0.4, -0.2) is 69.4 Å². The van der Waals surface area contributed by atoms with Gasteiger partial charge in [-0.1, -0.05) is 13.8 Å². The van der Waals surface area contributed by atoms with E-state index >= 15 is 0 Å². The second kappa shape index (κ2) is 4.98. The standard InChI is InChI=1S/C14H26N2O3S/c1-13-7-14(2,9-15(3)8-13)11-16(10-13)12(17)5-6-20(4,18)19/h5-11H2,1-4H3. The van der Waals surface area contributed by atoms with Crippen molar-refractivity contribution in [2.75, 3.05) is 45.2 Å². The number of rotatable bonds is 3. The average molecular weight is 302 g/mol. The smallest absolute Gasteiger partial charge is 0.223 e. The van der Waals surface area contributed by atoms with Crippen LogP contribution in [0.25, 0.3) is 0 Å². The van der Waals surface area contributed by atoms with Gasteiger partial charge in [-0.3, -0.25) is 4.79 Å². The van der Waals surface area contributed by atoms with Gasteiger partial charge in [-0.25, -0.2) is 8.42 Å². The normalized spacial score (nSPS) is 35.1. The van der Waals surface area contributed by atoms with Crippen molar-refractivity contribution in [1.29, 1.82) is 0 Å². The van der Waals surface area contributed by atoms with Gasteiger partial charge in [0.25, 0.3) is 0 Å². The van der Waals surface area contributed by atoms with Crippen LogP contribution in [0.2, 0.25) is 0 Å². The lowest BCUT2D eigenvalue weighted by atomic mass is 9.65. The van der Waals surface area contributed by atoms with Crippen LogP contribution in [0.15, 0.2) is 0 Å². The topological polar surface area (TPSA) is 57.7 Å². The van der Waals surface area contributed by atoms with E-state index in [1.54, 1.807) is 0 Å². The van der Waals surface area contributed by atoms with Crippen LogP contribution >= 0.6 is 0 Å². The fourth-order valence-corrected chi connectivity index (χ4v) is 4.84. The first kappa shape index (κ1) is 15.8. The molecule has 0 N–H and O–H groups in total. The van der Waals surface area contributed by atoms with Gasteiger partial charge in [-0.2, -0.15) is 0 Å². The van der Waals surface area contributed by atoms with Gasteiger partial charge in [0.15, 0.2) is 0 Å². The molecule has 2 bridgehead atoms. The van der Waals surface area contributed by atoms with E-state index in [1.165, 1.54) is 6.26 Å². The molecule has 20 heavy (non-hydrogen) atoms. The van der Waals surface area contributed by atoms with E-state index in [-0.39, 0.29) is 28.9 Å². The van der Waals surface area contributed by atoms with Gasteiger partial charge in [0.05, 0.1) is 5.75 Å². The predicted molar refractivity (Wildman–Crippen MR) is 79.2 cm³/mol. The van der Waals surface area contributed by atoms with Crippen molar-refractivity contribution < 1.29 is 13.2 Å². The molecule has 2 saturated heterocycles. The van der Waals surface area contributed by atoms with Crippen molar-refractivity contribution in [3.8, 4) is 0 Å². The number of likely N-dealkylation sites (tertiary alicyclic amines) is 2. The summed E-state index contributed by atoms with van der Waals surface area (Å²) in [6, 6.07) is 0. The number of carbonyl (C=O) groups excluding carboxylic acids is 1. The summed E-state index contributed by atoms with van der Waals surface area (Å²) in [5, 5.41) is 0. The summed E-state index contributed by atoms with van der Waals surface area (Å²) in [7, 11) is -0.936. The van der Waals surface area contributed by atoms with Gasteiger partial charge in [0.1, 0.15) is 9.84 Å². The number of amides is 1. The SMILES string of the molecule is CN1CC2(C)CN(C(=O)CCS(C)(=O)=O)CC(C)(C1)C2. The molecule has 0 spiro atoms. The molecule has 2 fully saturated rings. The lowest BCUT2D eigenvalue weighted by Gasteiger charge is -2.56. The summed E-state index contributed by atoms with van der Waals surface area (Å²) in [6.07, 6.45) is 2.43. The predicted octanol–water partition coefficient (Wildman–Crippen LogP) is 0.611. The van der Waals surface area contributed by atoms with Gasteiger partial charge in [-0.15, -0.1) is 0 Å². The molecule has 2 heterocycles. The van der Waals surface area contributed by atoms with Crippen LogP contribution in [0.4, 0.5) is 0 Å². The zero-order valence-corrected chi connectivity index (χ0v) is 13.8. The Hall–Kier alpha value is -0.620. The van der Waals surface area contributed by atoms with E-state index in [1.807, 2.05) is 4.90 Å². The Morgan fingerprint density at radius 1 is 1.10 bits per heavy atom. The fourth-order valence-electron chi connectivity index (χ4n) is 4.30. The van der Waals surface area contributed by atoms with Gasteiger partial charge < -0.3 is 9.80 Å². The van der Waals surface area contributed by atoms with Crippen molar-refractivity contribution in [1.82, 2.24) is 9.80 Å².